The predicted molar refractivity (Wildman–Crippen MR) is 211 cm³/mol. The number of fused-ring (bicyclic) bond motifs is 5. The Labute approximate surface area is 337 Å². The summed E-state index contributed by atoms with van der Waals surface area (Å²) >= 11 is 0. The highest BCUT2D eigenvalue weighted by atomic mass is 16.7. The van der Waals surface area contributed by atoms with E-state index >= 15 is 0 Å². The lowest BCUT2D eigenvalue weighted by Crippen LogP contribution is -2.52. The summed E-state index contributed by atoms with van der Waals surface area (Å²) in [4.78, 5) is 29.5. The van der Waals surface area contributed by atoms with Gasteiger partial charge in [-0.1, -0.05) is 24.3 Å². The van der Waals surface area contributed by atoms with Gasteiger partial charge in [0.25, 0.3) is 0 Å². The van der Waals surface area contributed by atoms with Crippen LogP contribution in [0.4, 0.5) is 11.6 Å². The van der Waals surface area contributed by atoms with Crippen LogP contribution in [0.5, 0.6) is 0 Å². The maximum Gasteiger partial charge on any atom is 0.231 e. The Hall–Kier alpha value is -3.66. The van der Waals surface area contributed by atoms with Gasteiger partial charge < -0.3 is 40.5 Å². The highest BCUT2D eigenvalue weighted by Crippen LogP contribution is 2.62. The molecular formula is C44H56N6O8. The maximum absolute atomic E-state index is 14.8. The van der Waals surface area contributed by atoms with Crippen LogP contribution in [0, 0.1) is 46.3 Å². The number of rotatable bonds is 11. The second-order valence-electron chi connectivity index (χ2n) is 19.6. The molecule has 58 heavy (non-hydrogen) atoms. The Morgan fingerprint density at radius 3 is 1.57 bits per heavy atom. The number of anilines is 2. The number of aliphatic hydroxyl groups is 4. The van der Waals surface area contributed by atoms with Crippen LogP contribution in [0.2, 0.25) is 0 Å². The van der Waals surface area contributed by atoms with Crippen molar-refractivity contribution >= 4 is 23.5 Å². The molecule has 0 spiro atoms. The molecule has 9 aliphatic carbocycles. The SMILES string of the molecule is O=C(Nc1c2c(nn1CCO)-c1ccccc1-c1nn(CCO[C@@H]3O[C@H](CO)[C@@H](O)[C@H]3O)c(NC(=O)C34CC5CC(CC(C5)C3)C4)c1C2)C12CC3CC(CC(C3)C1)C2. The van der Waals surface area contributed by atoms with Crippen LogP contribution >= 0.6 is 0 Å². The van der Waals surface area contributed by atoms with Gasteiger partial charge in [-0.05, 0) is 113 Å². The third kappa shape index (κ3) is 5.94. The third-order valence-corrected chi connectivity index (χ3v) is 15.8. The van der Waals surface area contributed by atoms with E-state index in [0.717, 1.165) is 66.5 Å². The summed E-state index contributed by atoms with van der Waals surface area (Å²) in [6, 6.07) is 7.96. The first-order valence-electron chi connectivity index (χ1n) is 21.9. The van der Waals surface area contributed by atoms with Crippen molar-refractivity contribution in [2.45, 2.75) is 121 Å². The highest BCUT2D eigenvalue weighted by molar-refractivity contribution is 6.00. The van der Waals surface area contributed by atoms with Gasteiger partial charge in [-0.2, -0.15) is 10.2 Å². The van der Waals surface area contributed by atoms with Crippen LogP contribution in [0.25, 0.3) is 22.5 Å². The van der Waals surface area contributed by atoms with Crippen molar-refractivity contribution in [1.29, 1.82) is 0 Å². The van der Waals surface area contributed by atoms with E-state index in [-0.39, 0.29) is 38.1 Å². The Morgan fingerprint density at radius 1 is 0.707 bits per heavy atom. The topological polar surface area (TPSA) is 193 Å². The molecule has 1 saturated heterocycles. The Balaban J connectivity index is 0.976. The van der Waals surface area contributed by atoms with Gasteiger partial charge in [0.15, 0.2) is 6.29 Å². The molecule has 0 radical (unpaired) electrons. The molecule has 8 bridgehead atoms. The molecule has 1 aromatic carbocycles. The number of aliphatic hydroxyl groups excluding tert-OH is 4. The van der Waals surface area contributed by atoms with Gasteiger partial charge in [0.05, 0.1) is 55.1 Å². The quantitative estimate of drug-likeness (QED) is 0.129. The fraction of sp³-hybridized carbons (Fsp3) is 0.682. The van der Waals surface area contributed by atoms with Crippen molar-refractivity contribution in [1.82, 2.24) is 19.6 Å². The molecule has 3 heterocycles. The number of benzene rings is 1. The van der Waals surface area contributed by atoms with Crippen LogP contribution in [-0.2, 0) is 38.6 Å². The van der Waals surface area contributed by atoms with E-state index in [1.807, 2.05) is 24.3 Å². The zero-order valence-electron chi connectivity index (χ0n) is 33.0. The van der Waals surface area contributed by atoms with Crippen LogP contribution in [0.15, 0.2) is 24.3 Å². The van der Waals surface area contributed by atoms with E-state index in [2.05, 4.69) is 10.6 Å². The van der Waals surface area contributed by atoms with Gasteiger partial charge in [0.2, 0.25) is 11.8 Å². The van der Waals surface area contributed by atoms with Crippen molar-refractivity contribution in [2.24, 2.45) is 46.3 Å². The summed E-state index contributed by atoms with van der Waals surface area (Å²) < 4.78 is 15.1. The van der Waals surface area contributed by atoms with E-state index in [1.165, 1.54) is 38.5 Å². The maximum atomic E-state index is 14.8. The lowest BCUT2D eigenvalue weighted by Gasteiger charge is -2.55. The number of carbonyl (C=O) groups is 2. The molecule has 10 aliphatic rings. The monoisotopic (exact) mass is 796 g/mol. The minimum Gasteiger partial charge on any atom is -0.394 e. The van der Waals surface area contributed by atoms with Gasteiger partial charge in [0, 0.05) is 28.7 Å². The van der Waals surface area contributed by atoms with E-state index in [0.29, 0.717) is 59.3 Å². The van der Waals surface area contributed by atoms with Gasteiger partial charge in [0.1, 0.15) is 29.9 Å². The number of hydrogen-bond donors (Lipinski definition) is 6. The molecule has 14 nitrogen and oxygen atoms in total. The molecule has 310 valence electrons. The lowest BCUT2D eigenvalue weighted by molar-refractivity contribution is -0.170. The normalized spacial score (nSPS) is 37.4. The van der Waals surface area contributed by atoms with Crippen molar-refractivity contribution in [3.63, 3.8) is 0 Å². The van der Waals surface area contributed by atoms with Gasteiger partial charge in [-0.25, -0.2) is 9.36 Å². The largest absolute Gasteiger partial charge is 0.394 e. The number of amides is 2. The Kier molecular flexibility index (Phi) is 8.98. The standard InChI is InChI=1S/C44H56N6O8/c51-7-5-49-38(45-41(55)43-16-23-9-24(17-43)11-25(10-23)18-43)31-15-32-35(30-4-2-1-3-29(30)34(31)47-49)48-50(6-8-57-40-37(54)36(53)33(22-52)58-40)39(32)46-42(56)44-19-26-12-27(20-44)14-28(13-26)21-44/h1-4,23-28,33,36-37,40,51-54H,5-22H2,(H,45,55)(H,46,56)/t23?,24?,25?,26?,27?,28?,33-,36-,37-,40-,43?,44?/m1/s1. The first-order chi connectivity index (χ1) is 28.1. The zero-order chi connectivity index (χ0) is 39.5. The highest BCUT2D eigenvalue weighted by Gasteiger charge is 2.56. The molecular weight excluding hydrogens is 741 g/mol. The fourth-order valence-corrected chi connectivity index (χ4v) is 14.1. The van der Waals surface area contributed by atoms with Gasteiger partial charge in [-0.15, -0.1) is 0 Å². The zero-order valence-corrected chi connectivity index (χ0v) is 33.0. The minimum atomic E-state index is -1.32. The summed E-state index contributed by atoms with van der Waals surface area (Å²) in [6.07, 6.45) is 8.45. The molecule has 2 aromatic heterocycles. The second-order valence-corrected chi connectivity index (χ2v) is 19.6. The molecule has 14 heteroatoms. The Morgan fingerprint density at radius 2 is 1.16 bits per heavy atom. The van der Waals surface area contributed by atoms with Crippen molar-refractivity contribution in [2.75, 3.05) is 30.5 Å². The molecule has 13 rings (SSSR count). The fourth-order valence-electron chi connectivity index (χ4n) is 14.1. The summed E-state index contributed by atoms with van der Waals surface area (Å²) in [5.41, 5.74) is 3.93. The summed E-state index contributed by atoms with van der Waals surface area (Å²) in [5.74, 6) is 4.79. The molecule has 3 aromatic rings. The van der Waals surface area contributed by atoms with Crippen molar-refractivity contribution in [3.05, 3.63) is 35.4 Å². The molecule has 0 unspecified atom stereocenters. The van der Waals surface area contributed by atoms with Crippen molar-refractivity contribution in [3.8, 4) is 22.5 Å². The van der Waals surface area contributed by atoms with Crippen LogP contribution in [-0.4, -0.2) is 96.2 Å². The average molecular weight is 797 g/mol. The molecule has 8 saturated carbocycles. The van der Waals surface area contributed by atoms with E-state index < -0.39 is 42.0 Å². The molecule has 6 N–H and O–H groups in total. The van der Waals surface area contributed by atoms with E-state index in [4.69, 9.17) is 19.7 Å². The van der Waals surface area contributed by atoms with Gasteiger partial charge in [-0.3, -0.25) is 9.59 Å². The number of ether oxygens (including phenoxy) is 2. The predicted octanol–water partition coefficient (Wildman–Crippen LogP) is 4.08. The minimum absolute atomic E-state index is 0.0315. The molecule has 2 amide bonds. The number of nitrogens with zero attached hydrogens (tertiary/aromatic N) is 4. The molecule has 9 fully saturated rings. The Bertz CT molecular complexity index is 2060. The second kappa shape index (κ2) is 14.0. The number of hydrogen-bond acceptors (Lipinski definition) is 10. The number of aromatic nitrogens is 4. The smallest absolute Gasteiger partial charge is 0.231 e. The van der Waals surface area contributed by atoms with E-state index in [9.17, 15) is 30.0 Å². The van der Waals surface area contributed by atoms with Gasteiger partial charge >= 0.3 is 0 Å². The number of carbonyl (C=O) groups excluding carboxylic acids is 2. The average Bonchev–Trinajstić information content (AvgIpc) is 3.77. The molecule has 1 aliphatic heterocycles. The summed E-state index contributed by atoms with van der Waals surface area (Å²) in [5, 5.41) is 57.9. The van der Waals surface area contributed by atoms with Crippen LogP contribution in [0.3, 0.4) is 0 Å². The third-order valence-electron chi connectivity index (χ3n) is 15.8. The van der Waals surface area contributed by atoms with Crippen LogP contribution < -0.4 is 10.6 Å². The number of nitrogens with one attached hydrogen (secondary N) is 2. The van der Waals surface area contributed by atoms with Crippen LogP contribution in [0.1, 0.15) is 88.2 Å². The van der Waals surface area contributed by atoms with E-state index in [1.54, 1.807) is 9.36 Å². The first kappa shape index (κ1) is 37.3. The first-order valence-corrected chi connectivity index (χ1v) is 21.9. The van der Waals surface area contributed by atoms with Crippen molar-refractivity contribution < 1.29 is 39.5 Å². The summed E-state index contributed by atoms with van der Waals surface area (Å²) in [7, 11) is 0. The summed E-state index contributed by atoms with van der Waals surface area (Å²) in [6.45, 7) is -0.143. The lowest BCUT2D eigenvalue weighted by atomic mass is 9.49. The molecule has 4 atom stereocenters.